The second kappa shape index (κ2) is 7.66. The monoisotopic (exact) mass is 322 g/mol. The van der Waals surface area contributed by atoms with Gasteiger partial charge in [-0.1, -0.05) is 23.7 Å². The largest absolute Gasteiger partial charge is 0.492 e. The molecule has 2 aromatic rings. The van der Waals surface area contributed by atoms with Gasteiger partial charge in [0.15, 0.2) is 0 Å². The van der Waals surface area contributed by atoms with Gasteiger partial charge in [0.1, 0.15) is 11.6 Å². The first kappa shape index (κ1) is 16.1. The Morgan fingerprint density at radius 3 is 2.77 bits per heavy atom. The Kier molecular flexibility index (Phi) is 5.61. The smallest absolute Gasteiger partial charge is 0.243 e. The fourth-order valence-corrected chi connectivity index (χ4v) is 2.03. The van der Waals surface area contributed by atoms with Crippen molar-refractivity contribution < 1.29 is 13.9 Å². The number of para-hydroxylation sites is 2. The molecule has 1 amide bonds. The molecular formula is C16H16ClFN2O2. The summed E-state index contributed by atoms with van der Waals surface area (Å²) >= 11 is 5.67. The van der Waals surface area contributed by atoms with Crippen LogP contribution in [0.4, 0.5) is 15.8 Å². The van der Waals surface area contributed by atoms with Crippen LogP contribution in [0.15, 0.2) is 42.5 Å². The molecule has 0 aliphatic heterocycles. The first-order valence-corrected chi connectivity index (χ1v) is 7.18. The minimum atomic E-state index is -0.525. The molecule has 0 radical (unpaired) electrons. The predicted octanol–water partition coefficient (Wildman–Crippen LogP) is 3.93. The second-order valence-electron chi connectivity index (χ2n) is 4.46. The van der Waals surface area contributed by atoms with Crippen LogP contribution in [0, 0.1) is 5.82 Å². The number of anilines is 2. The summed E-state index contributed by atoms with van der Waals surface area (Å²) in [5.74, 6) is -0.111. The molecule has 0 aliphatic rings. The molecule has 2 rings (SSSR count). The lowest BCUT2D eigenvalue weighted by molar-refractivity contribution is -0.114. The number of ether oxygens (including phenoxy) is 1. The lowest BCUT2D eigenvalue weighted by atomic mass is 10.3. The highest BCUT2D eigenvalue weighted by molar-refractivity contribution is 6.31. The van der Waals surface area contributed by atoms with Gasteiger partial charge in [0, 0.05) is 5.69 Å². The van der Waals surface area contributed by atoms with Gasteiger partial charge >= 0.3 is 0 Å². The van der Waals surface area contributed by atoms with Crippen LogP contribution in [-0.4, -0.2) is 19.1 Å². The van der Waals surface area contributed by atoms with E-state index in [1.165, 1.54) is 18.2 Å². The molecule has 116 valence electrons. The van der Waals surface area contributed by atoms with Gasteiger partial charge in [-0.2, -0.15) is 0 Å². The van der Waals surface area contributed by atoms with Crippen LogP contribution in [0.3, 0.4) is 0 Å². The topological polar surface area (TPSA) is 50.4 Å². The molecular weight excluding hydrogens is 307 g/mol. The minimum Gasteiger partial charge on any atom is -0.492 e. The molecule has 0 saturated carbocycles. The molecule has 0 heterocycles. The van der Waals surface area contributed by atoms with Crippen molar-refractivity contribution in [3.8, 4) is 5.75 Å². The first-order chi connectivity index (χ1) is 10.6. The molecule has 0 fully saturated rings. The zero-order valence-corrected chi connectivity index (χ0v) is 12.8. The Labute approximate surface area is 133 Å². The van der Waals surface area contributed by atoms with Crippen molar-refractivity contribution in [3.05, 3.63) is 53.3 Å². The molecule has 22 heavy (non-hydrogen) atoms. The van der Waals surface area contributed by atoms with Gasteiger partial charge in [0.05, 0.1) is 23.9 Å². The number of carbonyl (C=O) groups is 1. The third-order valence-electron chi connectivity index (χ3n) is 2.83. The number of nitrogens with one attached hydrogen (secondary N) is 2. The van der Waals surface area contributed by atoms with E-state index in [1.807, 2.05) is 31.2 Å². The zero-order chi connectivity index (χ0) is 15.9. The standard InChI is InChI=1S/C16H16ClFN2O2/c1-2-22-15-6-4-3-5-14(15)19-10-16(21)20-11-7-8-13(18)12(17)9-11/h3-9,19H,2,10H2,1H3,(H,20,21). The van der Waals surface area contributed by atoms with Gasteiger partial charge < -0.3 is 15.4 Å². The highest BCUT2D eigenvalue weighted by Gasteiger charge is 2.07. The van der Waals surface area contributed by atoms with Crippen LogP contribution in [-0.2, 0) is 4.79 Å². The average Bonchev–Trinajstić information content (AvgIpc) is 2.50. The SMILES string of the molecule is CCOc1ccccc1NCC(=O)Nc1ccc(F)c(Cl)c1. The number of halogens is 2. The van der Waals surface area contributed by atoms with E-state index in [0.29, 0.717) is 18.0 Å². The summed E-state index contributed by atoms with van der Waals surface area (Å²) in [6.07, 6.45) is 0. The summed E-state index contributed by atoms with van der Waals surface area (Å²) < 4.78 is 18.5. The maximum atomic E-state index is 13.1. The molecule has 0 atom stereocenters. The first-order valence-electron chi connectivity index (χ1n) is 6.80. The Balaban J connectivity index is 1.94. The van der Waals surface area contributed by atoms with Crippen LogP contribution in [0.2, 0.25) is 5.02 Å². The molecule has 0 aromatic heterocycles. The van der Waals surface area contributed by atoms with E-state index in [2.05, 4.69) is 10.6 Å². The Morgan fingerprint density at radius 1 is 1.27 bits per heavy atom. The maximum absolute atomic E-state index is 13.1. The lowest BCUT2D eigenvalue weighted by Crippen LogP contribution is -2.22. The summed E-state index contributed by atoms with van der Waals surface area (Å²) in [5, 5.41) is 5.60. The van der Waals surface area contributed by atoms with Crippen molar-refractivity contribution in [2.75, 3.05) is 23.8 Å². The summed E-state index contributed by atoms with van der Waals surface area (Å²) in [4.78, 5) is 11.9. The third-order valence-corrected chi connectivity index (χ3v) is 3.12. The quantitative estimate of drug-likeness (QED) is 0.847. The zero-order valence-electron chi connectivity index (χ0n) is 12.0. The fourth-order valence-electron chi connectivity index (χ4n) is 1.85. The van der Waals surface area contributed by atoms with Gasteiger partial charge in [-0.05, 0) is 37.3 Å². The van der Waals surface area contributed by atoms with E-state index >= 15 is 0 Å². The number of hydrogen-bond acceptors (Lipinski definition) is 3. The summed E-state index contributed by atoms with van der Waals surface area (Å²) in [6, 6.07) is 11.4. The molecule has 4 nitrogen and oxygen atoms in total. The highest BCUT2D eigenvalue weighted by Crippen LogP contribution is 2.23. The number of hydrogen-bond donors (Lipinski definition) is 2. The van der Waals surface area contributed by atoms with Crippen molar-refractivity contribution in [1.29, 1.82) is 0 Å². The summed E-state index contributed by atoms with van der Waals surface area (Å²) in [6.45, 7) is 2.49. The van der Waals surface area contributed by atoms with Crippen molar-refractivity contribution in [1.82, 2.24) is 0 Å². The minimum absolute atomic E-state index is 0.0348. The number of amides is 1. The Bertz CT molecular complexity index is 664. The van der Waals surface area contributed by atoms with Gasteiger partial charge in [-0.15, -0.1) is 0 Å². The van der Waals surface area contributed by atoms with Crippen LogP contribution in [0.25, 0.3) is 0 Å². The molecule has 0 saturated heterocycles. The summed E-state index contributed by atoms with van der Waals surface area (Å²) in [7, 11) is 0. The maximum Gasteiger partial charge on any atom is 0.243 e. The molecule has 0 bridgehead atoms. The third kappa shape index (κ3) is 4.36. The molecule has 2 aromatic carbocycles. The lowest BCUT2D eigenvalue weighted by Gasteiger charge is -2.12. The van der Waals surface area contributed by atoms with Crippen LogP contribution < -0.4 is 15.4 Å². The molecule has 0 spiro atoms. The molecule has 0 aliphatic carbocycles. The molecule has 6 heteroatoms. The van der Waals surface area contributed by atoms with E-state index in [-0.39, 0.29) is 17.5 Å². The molecule has 0 unspecified atom stereocenters. The van der Waals surface area contributed by atoms with Gasteiger partial charge in [-0.3, -0.25) is 4.79 Å². The highest BCUT2D eigenvalue weighted by atomic mass is 35.5. The van der Waals surface area contributed by atoms with Gasteiger partial charge in [0.2, 0.25) is 5.91 Å². The summed E-state index contributed by atoms with van der Waals surface area (Å²) in [5.41, 5.74) is 1.17. The van der Waals surface area contributed by atoms with E-state index in [4.69, 9.17) is 16.3 Å². The number of rotatable bonds is 6. The normalized spacial score (nSPS) is 10.1. The average molecular weight is 323 g/mol. The number of benzene rings is 2. The van der Waals surface area contributed by atoms with Crippen LogP contribution in [0.5, 0.6) is 5.75 Å². The fraction of sp³-hybridized carbons (Fsp3) is 0.188. The number of carbonyl (C=O) groups excluding carboxylic acids is 1. The Morgan fingerprint density at radius 2 is 2.05 bits per heavy atom. The van der Waals surface area contributed by atoms with E-state index in [0.717, 1.165) is 5.69 Å². The second-order valence-corrected chi connectivity index (χ2v) is 4.87. The van der Waals surface area contributed by atoms with Gasteiger partial charge in [0.25, 0.3) is 0 Å². The van der Waals surface area contributed by atoms with E-state index in [9.17, 15) is 9.18 Å². The van der Waals surface area contributed by atoms with Crippen molar-refractivity contribution in [3.63, 3.8) is 0 Å². The van der Waals surface area contributed by atoms with Crippen molar-refractivity contribution in [2.24, 2.45) is 0 Å². The van der Waals surface area contributed by atoms with E-state index in [1.54, 1.807) is 0 Å². The van der Waals surface area contributed by atoms with Crippen LogP contribution >= 0.6 is 11.6 Å². The van der Waals surface area contributed by atoms with E-state index < -0.39 is 5.82 Å². The Hall–Kier alpha value is -2.27. The van der Waals surface area contributed by atoms with Crippen molar-refractivity contribution >= 4 is 28.9 Å². The van der Waals surface area contributed by atoms with Crippen molar-refractivity contribution in [2.45, 2.75) is 6.92 Å². The van der Waals surface area contributed by atoms with Crippen LogP contribution in [0.1, 0.15) is 6.92 Å². The predicted molar refractivity (Wildman–Crippen MR) is 86.1 cm³/mol. The van der Waals surface area contributed by atoms with Gasteiger partial charge in [-0.25, -0.2) is 4.39 Å². The molecule has 2 N–H and O–H groups in total.